The Bertz CT molecular complexity index is 796. The number of carbonyl (C=O) groups excluding carboxylic acids is 2. The minimum atomic E-state index is -0.241. The number of hydrogen-bond donors (Lipinski definition) is 1. The van der Waals surface area contributed by atoms with E-state index in [2.05, 4.69) is 12.2 Å². The van der Waals surface area contributed by atoms with Crippen molar-refractivity contribution >= 4 is 28.3 Å². The number of amides is 2. The summed E-state index contributed by atoms with van der Waals surface area (Å²) in [5.41, 5.74) is 0.909. The van der Waals surface area contributed by atoms with E-state index in [-0.39, 0.29) is 17.7 Å². The van der Waals surface area contributed by atoms with Crippen LogP contribution >= 0.6 is 0 Å². The largest absolute Gasteiger partial charge is 0.353 e. The molecule has 2 aromatic rings. The molecule has 2 amide bonds. The summed E-state index contributed by atoms with van der Waals surface area (Å²) >= 11 is 0. The van der Waals surface area contributed by atoms with Crippen LogP contribution < -0.4 is 10.2 Å². The van der Waals surface area contributed by atoms with Crippen molar-refractivity contribution < 1.29 is 9.59 Å². The predicted molar refractivity (Wildman–Crippen MR) is 94.7 cm³/mol. The second-order valence-electron chi connectivity index (χ2n) is 6.92. The molecule has 3 atom stereocenters. The van der Waals surface area contributed by atoms with Crippen molar-refractivity contribution in [1.82, 2.24) is 5.32 Å². The Morgan fingerprint density at radius 2 is 2.00 bits per heavy atom. The first-order valence-electron chi connectivity index (χ1n) is 8.76. The molecule has 24 heavy (non-hydrogen) atoms. The number of carbonyl (C=O) groups is 2. The smallest absolute Gasteiger partial charge is 0.227 e. The molecule has 2 fully saturated rings. The van der Waals surface area contributed by atoms with E-state index in [0.717, 1.165) is 29.3 Å². The Kier molecular flexibility index (Phi) is 3.75. The maximum Gasteiger partial charge on any atom is 0.227 e. The summed E-state index contributed by atoms with van der Waals surface area (Å²) in [7, 11) is 0. The summed E-state index contributed by atoms with van der Waals surface area (Å²) in [5, 5.41) is 5.28. The summed E-state index contributed by atoms with van der Waals surface area (Å²) in [4.78, 5) is 26.7. The van der Waals surface area contributed by atoms with E-state index in [1.807, 2.05) is 42.5 Å². The van der Waals surface area contributed by atoms with E-state index in [9.17, 15) is 9.59 Å². The quantitative estimate of drug-likeness (QED) is 0.940. The molecule has 1 N–H and O–H groups in total. The van der Waals surface area contributed by atoms with Crippen molar-refractivity contribution in [3.63, 3.8) is 0 Å². The molecule has 0 unspecified atom stereocenters. The standard InChI is InChI=1S/C20H22N2O2/c1-2-13-10-17(13)21-20(24)15-11-19(23)22(12-15)18-9-5-7-14-6-3-4-8-16(14)18/h3-9,13,15,17H,2,10-12H2,1H3,(H,21,24)/t13-,15+,17+/m1/s1. The van der Waals surface area contributed by atoms with Gasteiger partial charge in [0.1, 0.15) is 0 Å². The molecule has 0 radical (unpaired) electrons. The van der Waals surface area contributed by atoms with Crippen LogP contribution in [0.4, 0.5) is 5.69 Å². The van der Waals surface area contributed by atoms with Gasteiger partial charge < -0.3 is 10.2 Å². The topological polar surface area (TPSA) is 49.4 Å². The van der Waals surface area contributed by atoms with Crippen molar-refractivity contribution in [2.75, 3.05) is 11.4 Å². The molecule has 0 bridgehead atoms. The zero-order valence-electron chi connectivity index (χ0n) is 13.9. The molecular weight excluding hydrogens is 300 g/mol. The second-order valence-corrected chi connectivity index (χ2v) is 6.92. The molecule has 1 heterocycles. The first-order chi connectivity index (χ1) is 11.7. The lowest BCUT2D eigenvalue weighted by atomic mass is 10.1. The van der Waals surface area contributed by atoms with E-state index >= 15 is 0 Å². The van der Waals surface area contributed by atoms with Crippen LogP contribution in [0.2, 0.25) is 0 Å². The SMILES string of the molecule is CC[C@@H]1C[C@@H]1NC(=O)[C@H]1CC(=O)N(c2cccc3ccccc23)C1. The van der Waals surface area contributed by atoms with Gasteiger partial charge >= 0.3 is 0 Å². The van der Waals surface area contributed by atoms with Crippen molar-refractivity contribution in [3.05, 3.63) is 42.5 Å². The minimum absolute atomic E-state index is 0.0343. The summed E-state index contributed by atoms with van der Waals surface area (Å²) in [6.45, 7) is 2.63. The third kappa shape index (κ3) is 2.66. The van der Waals surface area contributed by atoms with E-state index in [1.165, 1.54) is 0 Å². The van der Waals surface area contributed by atoms with Gasteiger partial charge in [0, 0.05) is 24.4 Å². The van der Waals surface area contributed by atoms with Gasteiger partial charge in [0.25, 0.3) is 0 Å². The first kappa shape index (κ1) is 15.2. The Labute approximate surface area is 141 Å². The average molecular weight is 322 g/mol. The Balaban J connectivity index is 1.52. The maximum atomic E-state index is 12.5. The van der Waals surface area contributed by atoms with E-state index in [1.54, 1.807) is 4.90 Å². The highest BCUT2D eigenvalue weighted by atomic mass is 16.2. The molecule has 2 aromatic carbocycles. The normalized spacial score (nSPS) is 26.0. The molecular formula is C20H22N2O2. The minimum Gasteiger partial charge on any atom is -0.353 e. The van der Waals surface area contributed by atoms with Gasteiger partial charge in [-0.15, -0.1) is 0 Å². The van der Waals surface area contributed by atoms with E-state index in [4.69, 9.17) is 0 Å². The summed E-state index contributed by atoms with van der Waals surface area (Å²) in [6, 6.07) is 14.3. The Morgan fingerprint density at radius 1 is 1.21 bits per heavy atom. The van der Waals surface area contributed by atoms with Gasteiger partial charge in [0.2, 0.25) is 11.8 Å². The number of nitrogens with one attached hydrogen (secondary N) is 1. The fourth-order valence-electron chi connectivity index (χ4n) is 3.74. The van der Waals surface area contributed by atoms with Crippen LogP contribution in [0.5, 0.6) is 0 Å². The van der Waals surface area contributed by atoms with Crippen LogP contribution in [0, 0.1) is 11.8 Å². The summed E-state index contributed by atoms with van der Waals surface area (Å²) in [5.74, 6) is 0.455. The number of benzene rings is 2. The molecule has 4 nitrogen and oxygen atoms in total. The Morgan fingerprint density at radius 3 is 2.79 bits per heavy atom. The van der Waals surface area contributed by atoms with Crippen LogP contribution in [-0.2, 0) is 9.59 Å². The zero-order valence-corrected chi connectivity index (χ0v) is 13.9. The van der Waals surface area contributed by atoms with Gasteiger partial charge in [-0.25, -0.2) is 0 Å². The molecule has 4 rings (SSSR count). The lowest BCUT2D eigenvalue weighted by Gasteiger charge is -2.19. The molecule has 1 aliphatic heterocycles. The van der Waals surface area contributed by atoms with Crippen molar-refractivity contribution in [2.45, 2.75) is 32.2 Å². The van der Waals surface area contributed by atoms with Gasteiger partial charge in [-0.05, 0) is 23.8 Å². The monoisotopic (exact) mass is 322 g/mol. The number of hydrogen-bond acceptors (Lipinski definition) is 2. The highest BCUT2D eigenvalue weighted by molar-refractivity contribution is 6.07. The maximum absolute atomic E-state index is 12.5. The number of anilines is 1. The summed E-state index contributed by atoms with van der Waals surface area (Å²) < 4.78 is 0. The lowest BCUT2D eigenvalue weighted by molar-refractivity contribution is -0.126. The van der Waals surface area contributed by atoms with Crippen LogP contribution in [-0.4, -0.2) is 24.4 Å². The van der Waals surface area contributed by atoms with Gasteiger partial charge in [0.15, 0.2) is 0 Å². The average Bonchev–Trinajstić information content (AvgIpc) is 3.24. The molecule has 2 aliphatic rings. The third-order valence-electron chi connectivity index (χ3n) is 5.33. The van der Waals surface area contributed by atoms with Crippen molar-refractivity contribution in [2.24, 2.45) is 11.8 Å². The van der Waals surface area contributed by atoms with Crippen molar-refractivity contribution in [1.29, 1.82) is 0 Å². The molecule has 0 aromatic heterocycles. The van der Waals surface area contributed by atoms with Crippen molar-refractivity contribution in [3.8, 4) is 0 Å². The zero-order chi connectivity index (χ0) is 16.7. The van der Waals surface area contributed by atoms with E-state index < -0.39 is 0 Å². The van der Waals surface area contributed by atoms with Gasteiger partial charge in [0.05, 0.1) is 11.6 Å². The number of nitrogens with zero attached hydrogens (tertiary/aromatic N) is 1. The van der Waals surface area contributed by atoms with Crippen LogP contribution in [0.1, 0.15) is 26.2 Å². The fourth-order valence-corrected chi connectivity index (χ4v) is 3.74. The molecule has 4 heteroatoms. The fraction of sp³-hybridized carbons (Fsp3) is 0.400. The first-order valence-corrected chi connectivity index (χ1v) is 8.76. The van der Waals surface area contributed by atoms with E-state index in [0.29, 0.717) is 24.9 Å². The molecule has 1 saturated carbocycles. The van der Waals surface area contributed by atoms with Crippen LogP contribution in [0.15, 0.2) is 42.5 Å². The number of rotatable bonds is 4. The second kappa shape index (κ2) is 5.93. The van der Waals surface area contributed by atoms with Gasteiger partial charge in [-0.2, -0.15) is 0 Å². The van der Waals surface area contributed by atoms with Gasteiger partial charge in [-0.3, -0.25) is 9.59 Å². The predicted octanol–water partition coefficient (Wildman–Crippen LogP) is 3.11. The third-order valence-corrected chi connectivity index (χ3v) is 5.33. The van der Waals surface area contributed by atoms with Crippen LogP contribution in [0.25, 0.3) is 10.8 Å². The molecule has 1 saturated heterocycles. The lowest BCUT2D eigenvalue weighted by Crippen LogP contribution is -2.35. The Hall–Kier alpha value is -2.36. The van der Waals surface area contributed by atoms with Crippen LogP contribution in [0.3, 0.4) is 0 Å². The van der Waals surface area contributed by atoms with Gasteiger partial charge in [-0.1, -0.05) is 49.7 Å². The highest BCUT2D eigenvalue weighted by Crippen LogP contribution is 2.35. The molecule has 124 valence electrons. The highest BCUT2D eigenvalue weighted by Gasteiger charge is 2.41. The summed E-state index contributed by atoms with van der Waals surface area (Å²) in [6.07, 6.45) is 2.49. The molecule has 0 spiro atoms. The molecule has 1 aliphatic carbocycles. The number of fused-ring (bicyclic) bond motifs is 1.